The molecule has 0 heterocycles. The Labute approximate surface area is 135 Å². The summed E-state index contributed by atoms with van der Waals surface area (Å²) in [5.74, 6) is -0.358. The zero-order chi connectivity index (χ0) is 16.1. The van der Waals surface area contributed by atoms with Gasteiger partial charge in [-0.3, -0.25) is 4.79 Å². The number of nitrogens with one attached hydrogen (secondary N) is 1. The van der Waals surface area contributed by atoms with Crippen molar-refractivity contribution in [1.82, 2.24) is 0 Å². The lowest BCUT2D eigenvalue weighted by atomic mass is 10.1. The van der Waals surface area contributed by atoms with Crippen molar-refractivity contribution in [1.29, 1.82) is 0 Å². The van der Waals surface area contributed by atoms with Crippen molar-refractivity contribution in [2.24, 2.45) is 0 Å². The topological polar surface area (TPSA) is 69.2 Å². The van der Waals surface area contributed by atoms with E-state index in [1.54, 1.807) is 24.3 Å². The molecule has 114 valence electrons. The van der Waals surface area contributed by atoms with Crippen LogP contribution < -0.4 is 15.5 Å². The van der Waals surface area contributed by atoms with Gasteiger partial charge in [-0.15, -0.1) is 0 Å². The van der Waals surface area contributed by atoms with Gasteiger partial charge in [0.15, 0.2) is 5.30 Å². The Morgan fingerprint density at radius 1 is 1.27 bits per heavy atom. The van der Waals surface area contributed by atoms with Gasteiger partial charge in [0.25, 0.3) is 5.91 Å². The van der Waals surface area contributed by atoms with Crippen molar-refractivity contribution in [2.45, 2.75) is 19.8 Å². The molecule has 2 aromatic carbocycles. The summed E-state index contributed by atoms with van der Waals surface area (Å²) in [7, 11) is -2.71. The lowest BCUT2D eigenvalue weighted by Gasteiger charge is -2.09. The molecule has 4 nitrogen and oxygen atoms in total. The first-order chi connectivity index (χ1) is 10.5. The smallest absolute Gasteiger partial charge is 0.348 e. The van der Waals surface area contributed by atoms with E-state index in [0.29, 0.717) is 16.3 Å². The minimum Gasteiger partial charge on any atom is -0.591 e. The molecule has 1 N–H and O–H groups in total. The highest BCUT2D eigenvalue weighted by atomic mass is 35.5. The lowest BCUT2D eigenvalue weighted by molar-refractivity contribution is -0.160. The molecule has 2 rings (SSSR count). The molecule has 0 saturated carbocycles. The third-order valence-electron chi connectivity index (χ3n) is 3.14. The molecule has 1 atom stereocenters. The standard InChI is InChI=1S/C16H15ClNO3P/c1-2-4-11-9-13(7-8-15(11)17)18-16(19)12-5-3-6-14(10-12)22(20)21/h3,5-10H,2,4H2,1H3,(H,18,19). The molecule has 22 heavy (non-hydrogen) atoms. The van der Waals surface area contributed by atoms with Crippen LogP contribution in [0.2, 0.25) is 5.02 Å². The second-order valence-electron chi connectivity index (χ2n) is 4.82. The SMILES string of the molecule is CCCc1cc(NC(=O)c2cccc([P+](=O)[O-])c2)ccc1Cl. The van der Waals surface area contributed by atoms with Crippen LogP contribution in [0.1, 0.15) is 29.3 Å². The number of hydrogen-bond acceptors (Lipinski definition) is 3. The zero-order valence-electron chi connectivity index (χ0n) is 12.0. The highest BCUT2D eigenvalue weighted by Gasteiger charge is 2.13. The van der Waals surface area contributed by atoms with Gasteiger partial charge in [-0.25, -0.2) is 0 Å². The number of carbonyl (C=O) groups excluding carboxylic acids is 1. The number of benzene rings is 2. The number of rotatable bonds is 5. The van der Waals surface area contributed by atoms with Gasteiger partial charge in [0.1, 0.15) is 0 Å². The van der Waals surface area contributed by atoms with Gasteiger partial charge in [0.05, 0.1) is 0 Å². The summed E-state index contributed by atoms with van der Waals surface area (Å²) in [6, 6.07) is 11.2. The molecule has 1 unspecified atom stereocenters. The summed E-state index contributed by atoms with van der Waals surface area (Å²) >= 11 is 6.10. The molecule has 1 amide bonds. The fourth-order valence-electron chi connectivity index (χ4n) is 2.08. The van der Waals surface area contributed by atoms with Crippen LogP contribution >= 0.6 is 19.6 Å². The Morgan fingerprint density at radius 2 is 2.05 bits per heavy atom. The summed E-state index contributed by atoms with van der Waals surface area (Å²) in [5.41, 5.74) is 1.90. The minimum atomic E-state index is -2.71. The molecule has 0 aromatic heterocycles. The van der Waals surface area contributed by atoms with Gasteiger partial charge < -0.3 is 10.2 Å². The average molecular weight is 336 g/mol. The molecule has 0 fully saturated rings. The van der Waals surface area contributed by atoms with E-state index in [-0.39, 0.29) is 11.2 Å². The normalized spacial score (nSPS) is 11.1. The van der Waals surface area contributed by atoms with Crippen LogP contribution in [0.5, 0.6) is 0 Å². The monoisotopic (exact) mass is 335 g/mol. The summed E-state index contributed by atoms with van der Waals surface area (Å²) in [4.78, 5) is 23.2. The summed E-state index contributed by atoms with van der Waals surface area (Å²) < 4.78 is 11.0. The number of anilines is 1. The number of halogens is 1. The van der Waals surface area contributed by atoms with Gasteiger partial charge in [-0.05, 0) is 42.3 Å². The van der Waals surface area contributed by atoms with Gasteiger partial charge in [-0.2, -0.15) is 0 Å². The molecule has 0 aliphatic heterocycles. The van der Waals surface area contributed by atoms with Crippen molar-refractivity contribution < 1.29 is 14.3 Å². The van der Waals surface area contributed by atoms with E-state index in [4.69, 9.17) is 11.6 Å². The largest absolute Gasteiger partial charge is 0.591 e. The Morgan fingerprint density at radius 3 is 2.73 bits per heavy atom. The Hall–Kier alpha value is -1.74. The first kappa shape index (κ1) is 16.6. The van der Waals surface area contributed by atoms with Crippen LogP contribution in [0.3, 0.4) is 0 Å². The molecule has 0 saturated heterocycles. The second-order valence-corrected chi connectivity index (χ2v) is 6.26. The second kappa shape index (κ2) is 7.50. The molecular formula is C16H15ClNO3P. The molecule has 0 spiro atoms. The predicted octanol–water partition coefficient (Wildman–Crippen LogP) is 3.27. The lowest BCUT2D eigenvalue weighted by Crippen LogP contribution is -2.15. The molecule has 0 radical (unpaired) electrons. The van der Waals surface area contributed by atoms with Crippen molar-refractivity contribution in [2.75, 3.05) is 5.32 Å². The van der Waals surface area contributed by atoms with E-state index >= 15 is 0 Å². The van der Waals surface area contributed by atoms with E-state index in [1.807, 2.05) is 6.07 Å². The van der Waals surface area contributed by atoms with Crippen molar-refractivity contribution in [3.63, 3.8) is 0 Å². The van der Waals surface area contributed by atoms with Gasteiger partial charge in [0, 0.05) is 22.3 Å². The van der Waals surface area contributed by atoms with E-state index in [0.717, 1.165) is 18.4 Å². The van der Waals surface area contributed by atoms with Crippen LogP contribution in [-0.4, -0.2) is 5.91 Å². The summed E-state index contributed by atoms with van der Waals surface area (Å²) in [5, 5.41) is 3.54. The van der Waals surface area contributed by atoms with Gasteiger partial charge in [-0.1, -0.05) is 35.6 Å². The summed E-state index contributed by atoms with van der Waals surface area (Å²) in [6.45, 7) is 2.05. The van der Waals surface area contributed by atoms with E-state index in [2.05, 4.69) is 12.2 Å². The molecule has 2 aromatic rings. The third-order valence-corrected chi connectivity index (χ3v) is 4.21. The Kier molecular flexibility index (Phi) is 5.67. The zero-order valence-corrected chi connectivity index (χ0v) is 13.7. The molecule has 0 aliphatic carbocycles. The summed E-state index contributed by atoms with van der Waals surface area (Å²) in [6.07, 6.45) is 1.78. The fourth-order valence-corrected chi connectivity index (χ4v) is 2.74. The first-order valence-electron chi connectivity index (χ1n) is 6.85. The molecule has 0 aliphatic rings. The van der Waals surface area contributed by atoms with Crippen molar-refractivity contribution in [3.05, 3.63) is 58.6 Å². The van der Waals surface area contributed by atoms with Crippen LogP contribution in [0, 0.1) is 0 Å². The molecular weight excluding hydrogens is 321 g/mol. The van der Waals surface area contributed by atoms with Crippen LogP contribution in [0.4, 0.5) is 5.69 Å². The minimum absolute atomic E-state index is 0.116. The van der Waals surface area contributed by atoms with E-state index < -0.39 is 8.03 Å². The molecule has 6 heteroatoms. The van der Waals surface area contributed by atoms with Gasteiger partial charge >= 0.3 is 8.03 Å². The fraction of sp³-hybridized carbons (Fsp3) is 0.188. The number of hydrogen-bond donors (Lipinski definition) is 1. The number of carbonyl (C=O) groups is 1. The van der Waals surface area contributed by atoms with Gasteiger partial charge in [0.2, 0.25) is 0 Å². The first-order valence-corrected chi connectivity index (χ1v) is 8.41. The highest BCUT2D eigenvalue weighted by molar-refractivity contribution is 7.45. The quantitative estimate of drug-likeness (QED) is 0.852. The third kappa shape index (κ3) is 4.14. The van der Waals surface area contributed by atoms with Crippen LogP contribution in [0.25, 0.3) is 0 Å². The number of amides is 1. The number of aryl methyl sites for hydroxylation is 1. The average Bonchev–Trinajstić information content (AvgIpc) is 2.51. The van der Waals surface area contributed by atoms with Crippen LogP contribution in [-0.2, 0) is 11.0 Å². The molecule has 0 bridgehead atoms. The maximum absolute atomic E-state index is 12.2. The Bertz CT molecular complexity index is 718. The van der Waals surface area contributed by atoms with Crippen molar-refractivity contribution in [3.8, 4) is 0 Å². The Balaban J connectivity index is 2.20. The van der Waals surface area contributed by atoms with Crippen molar-refractivity contribution >= 4 is 36.5 Å². The van der Waals surface area contributed by atoms with E-state index in [9.17, 15) is 14.3 Å². The van der Waals surface area contributed by atoms with E-state index in [1.165, 1.54) is 12.1 Å². The maximum Gasteiger partial charge on any atom is 0.348 e. The predicted molar refractivity (Wildman–Crippen MR) is 87.1 cm³/mol. The maximum atomic E-state index is 12.2. The highest BCUT2D eigenvalue weighted by Crippen LogP contribution is 2.22. The van der Waals surface area contributed by atoms with Crippen LogP contribution in [0.15, 0.2) is 42.5 Å².